The molecular weight excluding hydrogens is 370 g/mol. The third-order valence-corrected chi connectivity index (χ3v) is 5.45. The summed E-state index contributed by atoms with van der Waals surface area (Å²) in [5.41, 5.74) is 0.708. The molecule has 0 bridgehead atoms. The molecule has 8 nitrogen and oxygen atoms in total. The van der Waals surface area contributed by atoms with Gasteiger partial charge in [-0.05, 0) is 37.8 Å². The second-order valence-corrected chi connectivity index (χ2v) is 7.36. The molecule has 1 saturated heterocycles. The Labute approximate surface area is 170 Å². The van der Waals surface area contributed by atoms with Gasteiger partial charge in [-0.25, -0.2) is 9.78 Å². The first-order chi connectivity index (χ1) is 14.2. The average Bonchev–Trinajstić information content (AvgIpc) is 3.28. The average molecular weight is 397 g/mol. The molecule has 0 unspecified atom stereocenters. The van der Waals surface area contributed by atoms with Crippen molar-refractivity contribution in [2.45, 2.75) is 31.8 Å². The first-order valence-electron chi connectivity index (χ1n) is 10.1. The zero-order valence-corrected chi connectivity index (χ0v) is 16.7. The van der Waals surface area contributed by atoms with Crippen molar-refractivity contribution in [3.05, 3.63) is 36.8 Å². The summed E-state index contributed by atoms with van der Waals surface area (Å²) in [4.78, 5) is 25.1. The molecule has 1 aliphatic heterocycles. The normalized spacial score (nSPS) is 17.3. The number of rotatable bonds is 5. The minimum absolute atomic E-state index is 0.110. The first-order valence-corrected chi connectivity index (χ1v) is 10.1. The molecule has 2 aliphatic rings. The number of amides is 2. The molecule has 0 atom stereocenters. The van der Waals surface area contributed by atoms with Crippen LogP contribution in [0.2, 0.25) is 0 Å². The minimum atomic E-state index is -0.110. The van der Waals surface area contributed by atoms with E-state index in [1.165, 1.54) is 12.8 Å². The lowest BCUT2D eigenvalue weighted by molar-refractivity contribution is 0.201. The van der Waals surface area contributed by atoms with Crippen molar-refractivity contribution in [1.82, 2.24) is 14.9 Å². The molecule has 2 amide bonds. The van der Waals surface area contributed by atoms with Gasteiger partial charge in [-0.2, -0.15) is 0 Å². The van der Waals surface area contributed by atoms with E-state index in [-0.39, 0.29) is 12.1 Å². The molecule has 4 rings (SSSR count). The lowest BCUT2D eigenvalue weighted by Gasteiger charge is -2.35. The lowest BCUT2D eigenvalue weighted by atomic mass is 10.2. The number of piperazine rings is 1. The number of carbonyl (C=O) groups excluding carboxylic acids is 1. The van der Waals surface area contributed by atoms with E-state index in [1.54, 1.807) is 25.7 Å². The third kappa shape index (κ3) is 4.70. The molecule has 0 radical (unpaired) electrons. The smallest absolute Gasteiger partial charge is 0.321 e. The zero-order valence-electron chi connectivity index (χ0n) is 16.7. The van der Waals surface area contributed by atoms with Crippen molar-refractivity contribution < 1.29 is 14.3 Å². The SMILES string of the molecule is COc1ccc(NC(=O)N2CCN(c3cnccn3)CC2)cc1OC1CCCC1. The Kier molecular flexibility index (Phi) is 5.97. The van der Waals surface area contributed by atoms with Gasteiger partial charge in [0.05, 0.1) is 19.4 Å². The Morgan fingerprint density at radius 3 is 2.59 bits per heavy atom. The molecule has 2 aromatic rings. The van der Waals surface area contributed by atoms with E-state index in [0.29, 0.717) is 30.3 Å². The molecule has 1 N–H and O–H groups in total. The topological polar surface area (TPSA) is 79.8 Å². The molecule has 2 heterocycles. The maximum absolute atomic E-state index is 12.7. The number of hydrogen-bond acceptors (Lipinski definition) is 6. The number of hydrogen-bond donors (Lipinski definition) is 1. The van der Waals surface area contributed by atoms with E-state index in [0.717, 1.165) is 31.7 Å². The number of carbonyl (C=O) groups is 1. The molecule has 154 valence electrons. The maximum Gasteiger partial charge on any atom is 0.321 e. The molecule has 29 heavy (non-hydrogen) atoms. The fraction of sp³-hybridized carbons (Fsp3) is 0.476. The van der Waals surface area contributed by atoms with Crippen molar-refractivity contribution in [2.24, 2.45) is 0 Å². The predicted molar refractivity (Wildman–Crippen MR) is 111 cm³/mol. The Bertz CT molecular complexity index is 818. The summed E-state index contributed by atoms with van der Waals surface area (Å²) in [6.45, 7) is 2.71. The zero-order chi connectivity index (χ0) is 20.1. The Morgan fingerprint density at radius 2 is 1.90 bits per heavy atom. The third-order valence-electron chi connectivity index (χ3n) is 5.45. The number of anilines is 2. The van der Waals surface area contributed by atoms with Crippen LogP contribution in [0.15, 0.2) is 36.8 Å². The molecule has 0 spiro atoms. The summed E-state index contributed by atoms with van der Waals surface area (Å²) in [7, 11) is 1.63. The highest BCUT2D eigenvalue weighted by molar-refractivity contribution is 5.90. The van der Waals surface area contributed by atoms with E-state index in [9.17, 15) is 4.79 Å². The van der Waals surface area contributed by atoms with E-state index in [1.807, 2.05) is 23.1 Å². The van der Waals surface area contributed by atoms with Gasteiger partial charge < -0.3 is 24.6 Å². The van der Waals surface area contributed by atoms with Crippen LogP contribution in [0.1, 0.15) is 25.7 Å². The van der Waals surface area contributed by atoms with Gasteiger partial charge in [0.15, 0.2) is 11.5 Å². The van der Waals surface area contributed by atoms with Crippen molar-refractivity contribution in [3.63, 3.8) is 0 Å². The highest BCUT2D eigenvalue weighted by atomic mass is 16.5. The van der Waals surface area contributed by atoms with Gasteiger partial charge in [0, 0.05) is 50.3 Å². The molecule has 1 aliphatic carbocycles. The molecule has 2 fully saturated rings. The minimum Gasteiger partial charge on any atom is -0.493 e. The number of urea groups is 1. The number of nitrogens with one attached hydrogen (secondary N) is 1. The Hall–Kier alpha value is -3.03. The highest BCUT2D eigenvalue weighted by Crippen LogP contribution is 2.34. The van der Waals surface area contributed by atoms with Crippen LogP contribution in [0.3, 0.4) is 0 Å². The monoisotopic (exact) mass is 397 g/mol. The van der Waals surface area contributed by atoms with E-state index < -0.39 is 0 Å². The van der Waals surface area contributed by atoms with Crippen LogP contribution in [0.5, 0.6) is 11.5 Å². The van der Waals surface area contributed by atoms with Crippen molar-refractivity contribution in [2.75, 3.05) is 43.5 Å². The van der Waals surface area contributed by atoms with Gasteiger partial charge in [0.2, 0.25) is 0 Å². The van der Waals surface area contributed by atoms with Gasteiger partial charge in [-0.1, -0.05) is 0 Å². The summed E-state index contributed by atoms with van der Waals surface area (Å²) < 4.78 is 11.5. The molecule has 1 aromatic carbocycles. The van der Waals surface area contributed by atoms with Crippen molar-refractivity contribution in [1.29, 1.82) is 0 Å². The Morgan fingerprint density at radius 1 is 1.10 bits per heavy atom. The molecule has 1 saturated carbocycles. The number of benzene rings is 1. The van der Waals surface area contributed by atoms with Gasteiger partial charge in [0.1, 0.15) is 5.82 Å². The summed E-state index contributed by atoms with van der Waals surface area (Å²) in [5, 5.41) is 2.99. The van der Waals surface area contributed by atoms with E-state index >= 15 is 0 Å². The van der Waals surface area contributed by atoms with Crippen LogP contribution >= 0.6 is 0 Å². The van der Waals surface area contributed by atoms with Gasteiger partial charge >= 0.3 is 6.03 Å². The second-order valence-electron chi connectivity index (χ2n) is 7.36. The Balaban J connectivity index is 1.35. The van der Waals surface area contributed by atoms with Gasteiger partial charge in [-0.15, -0.1) is 0 Å². The van der Waals surface area contributed by atoms with Crippen molar-refractivity contribution >= 4 is 17.5 Å². The van der Waals surface area contributed by atoms with Crippen LogP contribution in [-0.4, -0.2) is 60.3 Å². The molecule has 1 aromatic heterocycles. The predicted octanol–water partition coefficient (Wildman–Crippen LogP) is 3.16. The van der Waals surface area contributed by atoms with Crippen LogP contribution in [0.4, 0.5) is 16.3 Å². The first kappa shape index (κ1) is 19.3. The maximum atomic E-state index is 12.7. The molecular formula is C21H27N5O3. The number of methoxy groups -OCH3 is 1. The lowest BCUT2D eigenvalue weighted by Crippen LogP contribution is -2.50. The largest absolute Gasteiger partial charge is 0.493 e. The highest BCUT2D eigenvalue weighted by Gasteiger charge is 2.23. The standard InChI is InChI=1S/C21H27N5O3/c1-28-18-7-6-16(14-19(18)29-17-4-2-3-5-17)24-21(27)26-12-10-25(11-13-26)20-15-22-8-9-23-20/h6-9,14-15,17H,2-5,10-13H2,1H3,(H,24,27). The number of nitrogens with zero attached hydrogens (tertiary/aromatic N) is 4. The number of ether oxygens (including phenoxy) is 2. The number of aromatic nitrogens is 2. The quantitative estimate of drug-likeness (QED) is 0.835. The van der Waals surface area contributed by atoms with Crippen LogP contribution < -0.4 is 19.7 Å². The van der Waals surface area contributed by atoms with Gasteiger partial charge in [0.25, 0.3) is 0 Å². The van der Waals surface area contributed by atoms with Crippen LogP contribution in [0, 0.1) is 0 Å². The van der Waals surface area contributed by atoms with E-state index in [2.05, 4.69) is 20.2 Å². The van der Waals surface area contributed by atoms with Gasteiger partial charge in [-0.3, -0.25) is 4.98 Å². The fourth-order valence-electron chi connectivity index (χ4n) is 3.83. The summed E-state index contributed by atoms with van der Waals surface area (Å²) in [6, 6.07) is 5.42. The summed E-state index contributed by atoms with van der Waals surface area (Å²) in [5.74, 6) is 2.22. The summed E-state index contributed by atoms with van der Waals surface area (Å²) in [6.07, 6.45) is 9.85. The second kappa shape index (κ2) is 8.98. The summed E-state index contributed by atoms with van der Waals surface area (Å²) >= 11 is 0. The fourth-order valence-corrected chi connectivity index (χ4v) is 3.83. The van der Waals surface area contributed by atoms with Crippen LogP contribution in [-0.2, 0) is 0 Å². The van der Waals surface area contributed by atoms with Crippen molar-refractivity contribution in [3.8, 4) is 11.5 Å². The van der Waals surface area contributed by atoms with E-state index in [4.69, 9.17) is 9.47 Å². The molecule has 8 heteroatoms. The van der Waals surface area contributed by atoms with Crippen LogP contribution in [0.25, 0.3) is 0 Å².